The summed E-state index contributed by atoms with van der Waals surface area (Å²) in [7, 11) is -2.75. The van der Waals surface area contributed by atoms with Crippen molar-refractivity contribution in [1.29, 1.82) is 0 Å². The van der Waals surface area contributed by atoms with Gasteiger partial charge in [-0.2, -0.15) is 10.2 Å². The number of nitro benzene ring substituents is 1. The smallest absolute Gasteiger partial charge is 0.410 e. The molecule has 0 bridgehead atoms. The van der Waals surface area contributed by atoms with Crippen molar-refractivity contribution in [1.82, 2.24) is 5.32 Å². The molecule has 0 heterocycles. The van der Waals surface area contributed by atoms with Gasteiger partial charge in [0.25, 0.3) is 5.69 Å². The monoisotopic (exact) mass is 518 g/mol. The number of carbonyl (C=O) groups is 1. The molecule has 0 atom stereocenters. The van der Waals surface area contributed by atoms with Gasteiger partial charge in [0, 0.05) is 44.5 Å². The number of hydrogen-bond acceptors (Lipinski definition) is 9. The van der Waals surface area contributed by atoms with Crippen LogP contribution in [0.25, 0.3) is 0 Å². The molecule has 0 aromatic heterocycles. The maximum Gasteiger partial charge on any atom is 0.500 e. The third kappa shape index (κ3) is 8.79. The maximum absolute atomic E-state index is 12.3. The number of non-ortho nitro benzene ring substituents is 1. The van der Waals surface area contributed by atoms with Crippen molar-refractivity contribution >= 4 is 32.0 Å². The summed E-state index contributed by atoms with van der Waals surface area (Å²) in [4.78, 5) is 22.6. The number of ether oxygens (including phenoxy) is 1. The van der Waals surface area contributed by atoms with E-state index in [1.807, 2.05) is 27.7 Å². The molecule has 36 heavy (non-hydrogen) atoms. The molecule has 0 aliphatic rings. The Balaban J connectivity index is 1.94. The van der Waals surface area contributed by atoms with Gasteiger partial charge in [-0.25, -0.2) is 4.79 Å². The minimum atomic E-state index is -2.75. The fourth-order valence-corrected chi connectivity index (χ4v) is 5.99. The van der Waals surface area contributed by atoms with E-state index in [1.165, 1.54) is 24.3 Å². The number of nitro groups is 1. The predicted octanol–water partition coefficient (Wildman–Crippen LogP) is 6.15. The van der Waals surface area contributed by atoms with E-state index in [9.17, 15) is 14.9 Å². The summed E-state index contributed by atoms with van der Waals surface area (Å²) < 4.78 is 23.0. The topological polar surface area (TPSA) is 134 Å². The van der Waals surface area contributed by atoms with E-state index >= 15 is 0 Å². The quantitative estimate of drug-likeness (QED) is 0.104. The number of amides is 1. The molecule has 0 saturated heterocycles. The first-order valence-corrected chi connectivity index (χ1v) is 13.8. The Bertz CT molecular complexity index is 1030. The highest BCUT2D eigenvalue weighted by molar-refractivity contribution is 6.60. The highest BCUT2D eigenvalue weighted by Gasteiger charge is 2.39. The average Bonchev–Trinajstić information content (AvgIpc) is 2.84. The molecule has 0 unspecified atom stereocenters. The predicted molar refractivity (Wildman–Crippen MR) is 137 cm³/mol. The van der Waals surface area contributed by atoms with Gasteiger partial charge in [-0.3, -0.25) is 10.1 Å². The molecule has 196 valence electrons. The Morgan fingerprint density at radius 1 is 0.972 bits per heavy atom. The number of carbonyl (C=O) groups excluding carboxylic acids is 1. The van der Waals surface area contributed by atoms with Gasteiger partial charge in [0.1, 0.15) is 5.75 Å². The summed E-state index contributed by atoms with van der Waals surface area (Å²) in [5.74, 6) is 0.418. The number of hydrogen-bond donors (Lipinski definition) is 1. The molecule has 0 fully saturated rings. The summed E-state index contributed by atoms with van der Waals surface area (Å²) in [6.45, 7) is 11.2. The minimum absolute atomic E-state index is 0.0139. The highest BCUT2D eigenvalue weighted by Crippen LogP contribution is 2.30. The molecule has 12 heteroatoms. The molecule has 0 aliphatic heterocycles. The normalized spacial score (nSPS) is 11.6. The van der Waals surface area contributed by atoms with E-state index in [4.69, 9.17) is 18.0 Å². The van der Waals surface area contributed by atoms with Crippen LogP contribution in [0.15, 0.2) is 46.6 Å². The molecular weight excluding hydrogens is 484 g/mol. The van der Waals surface area contributed by atoms with Gasteiger partial charge in [-0.05, 0) is 76.4 Å². The largest absolute Gasteiger partial charge is 0.500 e. The van der Waals surface area contributed by atoms with Crippen LogP contribution in [0.4, 0.5) is 21.9 Å². The lowest BCUT2D eigenvalue weighted by molar-refractivity contribution is -0.384. The second-order valence-electron chi connectivity index (χ2n) is 7.78. The van der Waals surface area contributed by atoms with Crippen molar-refractivity contribution in [2.24, 2.45) is 10.2 Å². The van der Waals surface area contributed by atoms with Crippen LogP contribution in [-0.2, 0) is 13.3 Å². The van der Waals surface area contributed by atoms with E-state index in [0.717, 1.165) is 5.56 Å². The van der Waals surface area contributed by atoms with Gasteiger partial charge >= 0.3 is 14.9 Å². The van der Waals surface area contributed by atoms with Crippen molar-refractivity contribution in [3.8, 4) is 5.75 Å². The Morgan fingerprint density at radius 2 is 1.58 bits per heavy atom. The number of rotatable bonds is 14. The Labute approximate surface area is 212 Å². The highest BCUT2D eigenvalue weighted by atomic mass is 28.4. The van der Waals surface area contributed by atoms with Crippen LogP contribution < -0.4 is 10.1 Å². The number of aryl methyl sites for hydroxylation is 2. The van der Waals surface area contributed by atoms with Crippen LogP contribution in [-0.4, -0.2) is 46.2 Å². The molecule has 0 aliphatic carbocycles. The first kappa shape index (κ1) is 29.0. The van der Waals surface area contributed by atoms with E-state index in [-0.39, 0.29) is 5.69 Å². The third-order valence-corrected chi connectivity index (χ3v) is 8.20. The van der Waals surface area contributed by atoms with Crippen molar-refractivity contribution in [2.45, 2.75) is 47.1 Å². The van der Waals surface area contributed by atoms with Crippen LogP contribution in [0, 0.1) is 24.0 Å². The molecule has 2 rings (SSSR count). The van der Waals surface area contributed by atoms with E-state index < -0.39 is 19.8 Å². The first-order valence-electron chi connectivity index (χ1n) is 11.9. The summed E-state index contributed by atoms with van der Waals surface area (Å²) in [6, 6.07) is 9.86. The van der Waals surface area contributed by atoms with E-state index in [2.05, 4.69) is 15.5 Å². The minimum Gasteiger partial charge on any atom is -0.410 e. The SMILES string of the molecule is CCO[Si](CCCNC(=O)Oc1cc(C)c(N=Nc2ccc([N+](=O)[O-])cc2)cc1C)(OCC)OCC. The third-order valence-electron chi connectivity index (χ3n) is 5.05. The second-order valence-corrected chi connectivity index (χ2v) is 10.5. The number of nitrogens with zero attached hydrogens (tertiary/aromatic N) is 3. The summed E-state index contributed by atoms with van der Waals surface area (Å²) in [5, 5.41) is 21.9. The molecule has 0 saturated carbocycles. The van der Waals surface area contributed by atoms with Crippen LogP contribution in [0.5, 0.6) is 5.75 Å². The summed E-state index contributed by atoms with van der Waals surface area (Å²) >= 11 is 0. The molecule has 11 nitrogen and oxygen atoms in total. The number of benzene rings is 2. The first-order chi connectivity index (χ1) is 17.2. The zero-order valence-electron chi connectivity index (χ0n) is 21.4. The van der Waals surface area contributed by atoms with Crippen molar-refractivity contribution in [2.75, 3.05) is 26.4 Å². The van der Waals surface area contributed by atoms with Crippen molar-refractivity contribution in [3.63, 3.8) is 0 Å². The number of nitrogens with one attached hydrogen (secondary N) is 1. The van der Waals surface area contributed by atoms with Gasteiger partial charge < -0.3 is 23.3 Å². The molecule has 2 aromatic rings. The molecular formula is C24H34N4O7Si. The Morgan fingerprint density at radius 3 is 2.14 bits per heavy atom. The van der Waals surface area contributed by atoms with Crippen molar-refractivity contribution < 1.29 is 27.7 Å². The Hall–Kier alpha value is -3.19. The second kappa shape index (κ2) is 14.4. The summed E-state index contributed by atoms with van der Waals surface area (Å²) in [6.07, 6.45) is 0.0654. The molecule has 1 amide bonds. The lowest BCUT2D eigenvalue weighted by Gasteiger charge is -2.28. The zero-order valence-corrected chi connectivity index (χ0v) is 22.4. The van der Waals surface area contributed by atoms with Gasteiger partial charge in [0.15, 0.2) is 0 Å². The van der Waals surface area contributed by atoms with Crippen molar-refractivity contribution in [3.05, 3.63) is 57.6 Å². The lowest BCUT2D eigenvalue weighted by atomic mass is 10.1. The zero-order chi connectivity index (χ0) is 26.6. The van der Waals surface area contributed by atoms with Gasteiger partial charge in [0.2, 0.25) is 0 Å². The molecule has 1 N–H and O–H groups in total. The lowest BCUT2D eigenvalue weighted by Crippen LogP contribution is -2.46. The maximum atomic E-state index is 12.3. The fourth-order valence-electron chi connectivity index (χ4n) is 3.38. The molecule has 0 spiro atoms. The van der Waals surface area contributed by atoms with Crippen LogP contribution in [0.2, 0.25) is 6.04 Å². The molecule has 0 radical (unpaired) electrons. The van der Waals surface area contributed by atoms with Crippen LogP contribution in [0.3, 0.4) is 0 Å². The van der Waals surface area contributed by atoms with Gasteiger partial charge in [0.05, 0.1) is 16.3 Å². The van der Waals surface area contributed by atoms with Gasteiger partial charge in [-0.1, -0.05) is 0 Å². The average molecular weight is 519 g/mol. The molecule has 2 aromatic carbocycles. The fraction of sp³-hybridized carbons (Fsp3) is 0.458. The van der Waals surface area contributed by atoms with Crippen LogP contribution >= 0.6 is 0 Å². The Kier molecular flexibility index (Phi) is 11.6. The van der Waals surface area contributed by atoms with Crippen LogP contribution in [0.1, 0.15) is 38.3 Å². The van der Waals surface area contributed by atoms with E-state index in [1.54, 1.807) is 19.1 Å². The van der Waals surface area contributed by atoms with Gasteiger partial charge in [-0.15, -0.1) is 0 Å². The number of azo groups is 1. The van der Waals surface area contributed by atoms with E-state index in [0.29, 0.717) is 61.5 Å². The standard InChI is InChI=1S/C24H34N4O7Si/c1-6-32-36(33-7-2,34-8-3)15-9-14-25-24(29)35-23-17-18(4)22(16-19(23)5)27-26-20-10-12-21(13-11-20)28(30)31/h10-13,16-17H,6-9,14-15H2,1-5H3,(H,25,29). The summed E-state index contributed by atoms with van der Waals surface area (Å²) in [5.41, 5.74) is 2.55.